The zero-order chi connectivity index (χ0) is 29.5. The number of aliphatic carboxylic acids is 1. The molecule has 0 saturated carbocycles. The fourth-order valence-electron chi connectivity index (χ4n) is 4.40. The Morgan fingerprint density at radius 2 is 1.60 bits per heavy atom. The number of hydrogen-bond donors (Lipinski definition) is 2. The van der Waals surface area contributed by atoms with E-state index in [1.165, 1.54) is 3.97 Å². The summed E-state index contributed by atoms with van der Waals surface area (Å²) in [6, 6.07) is 16.1. The number of carboxylic acid groups (broad SMARTS) is 1. The molecule has 2 aliphatic heterocycles. The van der Waals surface area contributed by atoms with E-state index in [-0.39, 0.29) is 17.1 Å². The van der Waals surface area contributed by atoms with E-state index in [0.29, 0.717) is 12.1 Å². The molecule has 220 valence electrons. The Morgan fingerprint density at radius 3 is 2.10 bits per heavy atom. The highest BCUT2D eigenvalue weighted by Gasteiger charge is 2.38. The molecule has 13 heteroatoms. The van der Waals surface area contributed by atoms with Gasteiger partial charge in [0, 0.05) is 37.8 Å². The lowest BCUT2D eigenvalue weighted by atomic mass is 10.1. The fraction of sp³-hybridized carbons (Fsp3) is 0.444. The van der Waals surface area contributed by atoms with E-state index >= 15 is 0 Å². The number of β-amino-alcohol motifs (C(OH)–C–C–N with tert-alkyl or cyclic N) is 1. The number of rotatable bonds is 5. The van der Waals surface area contributed by atoms with Crippen molar-refractivity contribution in [2.45, 2.75) is 42.7 Å². The second-order valence-corrected chi connectivity index (χ2v) is 11.6. The molecule has 2 atom stereocenters. The number of likely N-dealkylation sites (N-methyl/N-ethyl adjacent to an activating group) is 2. The van der Waals surface area contributed by atoms with Gasteiger partial charge in [0.15, 0.2) is 0 Å². The Bertz CT molecular complexity index is 1360. The van der Waals surface area contributed by atoms with Crippen molar-refractivity contribution < 1.29 is 41.3 Å². The lowest BCUT2D eigenvalue weighted by Gasteiger charge is -2.13. The summed E-state index contributed by atoms with van der Waals surface area (Å²) in [6.07, 6.45) is -1.28. The maximum Gasteiger partial charge on any atom is 0.490 e. The number of benzene rings is 2. The third-order valence-corrected chi connectivity index (χ3v) is 8.22. The molecule has 0 bridgehead atoms. The van der Waals surface area contributed by atoms with Crippen molar-refractivity contribution in [3.63, 3.8) is 0 Å². The van der Waals surface area contributed by atoms with Gasteiger partial charge in [-0.2, -0.15) is 13.2 Å². The average Bonchev–Trinajstić information content (AvgIpc) is 3.63. The number of alkyl halides is 3. The highest BCUT2D eigenvalue weighted by molar-refractivity contribution is 7.90. The quantitative estimate of drug-likeness (QED) is 0.469. The van der Waals surface area contributed by atoms with Crippen molar-refractivity contribution in [3.8, 4) is 0 Å². The predicted molar refractivity (Wildman–Crippen MR) is 143 cm³/mol. The minimum Gasteiger partial charge on any atom is -0.475 e. The zero-order valence-electron chi connectivity index (χ0n) is 22.3. The van der Waals surface area contributed by atoms with Gasteiger partial charge in [-0.25, -0.2) is 17.2 Å². The van der Waals surface area contributed by atoms with Crippen molar-refractivity contribution >= 4 is 26.9 Å². The zero-order valence-corrected chi connectivity index (χ0v) is 23.1. The van der Waals surface area contributed by atoms with E-state index in [4.69, 9.17) is 19.7 Å². The van der Waals surface area contributed by atoms with Crippen LogP contribution in [0.3, 0.4) is 0 Å². The van der Waals surface area contributed by atoms with Gasteiger partial charge in [-0.15, -0.1) is 0 Å². The van der Waals surface area contributed by atoms with E-state index in [9.17, 15) is 21.6 Å². The number of fused-ring (bicyclic) bond motifs is 1. The molecule has 40 heavy (non-hydrogen) atoms. The summed E-state index contributed by atoms with van der Waals surface area (Å²) in [5.41, 5.74) is 1.69. The number of aliphatic hydroxyl groups excluding tert-OH is 1. The lowest BCUT2D eigenvalue weighted by molar-refractivity contribution is -0.192. The summed E-state index contributed by atoms with van der Waals surface area (Å²) in [4.78, 5) is 13.6. The molecule has 2 unspecified atom stereocenters. The third-order valence-electron chi connectivity index (χ3n) is 6.52. The number of aromatic nitrogens is 1. The van der Waals surface area contributed by atoms with Gasteiger partial charge in [0.2, 0.25) is 0 Å². The van der Waals surface area contributed by atoms with Crippen LogP contribution in [-0.4, -0.2) is 97.0 Å². The summed E-state index contributed by atoms with van der Waals surface area (Å²) < 4.78 is 65.0. The van der Waals surface area contributed by atoms with E-state index in [0.717, 1.165) is 50.0 Å². The van der Waals surface area contributed by atoms with Crippen LogP contribution in [0.25, 0.3) is 10.9 Å². The van der Waals surface area contributed by atoms with Gasteiger partial charge < -0.3 is 24.7 Å². The Labute approximate surface area is 231 Å². The fourth-order valence-corrected chi connectivity index (χ4v) is 5.77. The number of aliphatic hydroxyl groups is 1. The first-order chi connectivity index (χ1) is 18.8. The molecule has 0 radical (unpaired) electrons. The molecule has 2 fully saturated rings. The maximum absolute atomic E-state index is 12.9. The molecule has 3 heterocycles. The molecular weight excluding hydrogens is 551 g/mol. The third kappa shape index (κ3) is 8.51. The smallest absolute Gasteiger partial charge is 0.475 e. The lowest BCUT2D eigenvalue weighted by Crippen LogP contribution is -2.21. The standard InChI is InChI=1S/C20H22N2O3S.C5H11NO.C2HF3O2/c1-21-12-10-17(14-21)25-15-16-6-5-9-20-19(16)11-13-22(20)26(23,24)18-7-3-2-4-8-18;1-6-3-2-5(7)4-6;3-2(4,5)1(6)7/h2-9,11,13,17H,10,12,14-15H2,1H3;5,7H,2-4H2,1H3;(H,6,7). The molecule has 9 nitrogen and oxygen atoms in total. The Morgan fingerprint density at radius 1 is 0.975 bits per heavy atom. The van der Waals surface area contributed by atoms with Crippen LogP contribution in [0.15, 0.2) is 65.7 Å². The largest absolute Gasteiger partial charge is 0.490 e. The van der Waals surface area contributed by atoms with Crippen molar-refractivity contribution in [3.05, 3.63) is 66.4 Å². The maximum atomic E-state index is 12.9. The summed E-state index contributed by atoms with van der Waals surface area (Å²) in [6.45, 7) is 4.41. The minimum atomic E-state index is -5.08. The molecule has 5 rings (SSSR count). The monoisotopic (exact) mass is 585 g/mol. The average molecular weight is 586 g/mol. The van der Waals surface area contributed by atoms with Crippen LogP contribution in [0.4, 0.5) is 13.2 Å². The number of hydrogen-bond acceptors (Lipinski definition) is 7. The van der Waals surface area contributed by atoms with Gasteiger partial charge >= 0.3 is 12.1 Å². The summed E-state index contributed by atoms with van der Waals surface area (Å²) in [5.74, 6) is -2.76. The van der Waals surface area contributed by atoms with Crippen LogP contribution in [-0.2, 0) is 26.2 Å². The summed E-state index contributed by atoms with van der Waals surface area (Å²) in [5, 5.41) is 16.9. The Balaban J connectivity index is 0.000000259. The van der Waals surface area contributed by atoms with E-state index in [2.05, 4.69) is 16.8 Å². The van der Waals surface area contributed by atoms with Crippen molar-refractivity contribution in [1.29, 1.82) is 0 Å². The molecule has 2 N–H and O–H groups in total. The van der Waals surface area contributed by atoms with Crippen LogP contribution in [0.2, 0.25) is 0 Å². The topological polar surface area (TPSA) is 112 Å². The van der Waals surface area contributed by atoms with Gasteiger partial charge in [0.05, 0.1) is 29.2 Å². The number of halogens is 3. The van der Waals surface area contributed by atoms with Crippen molar-refractivity contribution in [2.75, 3.05) is 40.3 Å². The number of ether oxygens (including phenoxy) is 1. The minimum absolute atomic E-state index is 0.0509. The molecule has 2 aliphatic rings. The van der Waals surface area contributed by atoms with E-state index < -0.39 is 22.2 Å². The van der Waals surface area contributed by atoms with Crippen LogP contribution < -0.4 is 0 Å². The number of carboxylic acids is 1. The van der Waals surface area contributed by atoms with Gasteiger partial charge in [-0.3, -0.25) is 0 Å². The first kappa shape index (κ1) is 31.6. The molecule has 3 aromatic rings. The van der Waals surface area contributed by atoms with E-state index in [1.807, 2.05) is 37.4 Å². The highest BCUT2D eigenvalue weighted by atomic mass is 32.2. The Hall–Kier alpha value is -2.97. The van der Waals surface area contributed by atoms with Crippen LogP contribution >= 0.6 is 0 Å². The molecule has 0 spiro atoms. The number of carbonyl (C=O) groups is 1. The van der Waals surface area contributed by atoms with Gasteiger partial charge in [0.25, 0.3) is 10.0 Å². The van der Waals surface area contributed by atoms with Crippen LogP contribution in [0.1, 0.15) is 18.4 Å². The van der Waals surface area contributed by atoms with Crippen LogP contribution in [0, 0.1) is 0 Å². The Kier molecular flexibility index (Phi) is 10.7. The number of nitrogens with zero attached hydrogens (tertiary/aromatic N) is 3. The normalized spacial score (nSPS) is 20.1. The highest BCUT2D eigenvalue weighted by Crippen LogP contribution is 2.26. The molecule has 2 aromatic carbocycles. The number of likely N-dealkylation sites (tertiary alicyclic amines) is 2. The second-order valence-electron chi connectivity index (χ2n) is 9.77. The summed E-state index contributed by atoms with van der Waals surface area (Å²) in [7, 11) is 0.512. The first-order valence-electron chi connectivity index (χ1n) is 12.7. The van der Waals surface area contributed by atoms with Crippen molar-refractivity contribution in [2.24, 2.45) is 0 Å². The van der Waals surface area contributed by atoms with Gasteiger partial charge in [-0.05, 0) is 56.8 Å². The van der Waals surface area contributed by atoms with Gasteiger partial charge in [-0.1, -0.05) is 30.3 Å². The molecule has 2 saturated heterocycles. The van der Waals surface area contributed by atoms with E-state index in [1.54, 1.807) is 30.5 Å². The molecule has 1 aromatic heterocycles. The first-order valence-corrected chi connectivity index (χ1v) is 14.1. The molecule has 0 aliphatic carbocycles. The second kappa shape index (κ2) is 13.6. The van der Waals surface area contributed by atoms with Gasteiger partial charge in [0.1, 0.15) is 0 Å². The molecule has 0 amide bonds. The van der Waals surface area contributed by atoms with Crippen LogP contribution in [0.5, 0.6) is 0 Å². The molecular formula is C27H34F3N3O6S. The summed E-state index contributed by atoms with van der Waals surface area (Å²) >= 11 is 0. The van der Waals surface area contributed by atoms with Crippen molar-refractivity contribution in [1.82, 2.24) is 13.8 Å². The predicted octanol–water partition coefficient (Wildman–Crippen LogP) is 3.42. The SMILES string of the molecule is CN1CCC(O)C1.CN1CCC(OCc2cccc3c2ccn3S(=O)(=O)c2ccccc2)C1.O=C(O)C(F)(F)F.